The van der Waals surface area contributed by atoms with Crippen LogP contribution in [0.1, 0.15) is 12.5 Å². The van der Waals surface area contributed by atoms with Crippen molar-refractivity contribution in [3.8, 4) is 5.75 Å². The lowest BCUT2D eigenvalue weighted by atomic mass is 10.2. The second-order valence-electron chi connectivity index (χ2n) is 3.10. The van der Waals surface area contributed by atoms with E-state index in [1.807, 2.05) is 37.5 Å². The molecule has 2 nitrogen and oxygen atoms in total. The molecule has 1 radical (unpaired) electrons. The van der Waals surface area contributed by atoms with E-state index in [1.165, 1.54) is 0 Å². The molecule has 2 heteroatoms. The van der Waals surface area contributed by atoms with Gasteiger partial charge in [-0.05, 0) is 18.6 Å². The van der Waals surface area contributed by atoms with Gasteiger partial charge in [0.25, 0.3) is 0 Å². The molecule has 1 aromatic carbocycles. The molecule has 0 amide bonds. The summed E-state index contributed by atoms with van der Waals surface area (Å²) >= 11 is 0. The predicted octanol–water partition coefficient (Wildman–Crippen LogP) is 2.12. The van der Waals surface area contributed by atoms with Crippen molar-refractivity contribution in [2.45, 2.75) is 13.8 Å². The van der Waals surface area contributed by atoms with E-state index < -0.39 is 0 Å². The van der Waals surface area contributed by atoms with Crippen LogP contribution in [0.25, 0.3) is 0 Å². The van der Waals surface area contributed by atoms with Gasteiger partial charge in [-0.15, -0.1) is 0 Å². The van der Waals surface area contributed by atoms with Crippen molar-refractivity contribution >= 4 is 6.29 Å². The fourth-order valence-corrected chi connectivity index (χ4v) is 0.967. The normalized spacial score (nSPS) is 12.2. The Kier molecular flexibility index (Phi) is 3.50. The fourth-order valence-electron chi connectivity index (χ4n) is 0.967. The fraction of sp³-hybridized carbons (Fsp3) is 0.364. The lowest BCUT2D eigenvalue weighted by molar-refractivity contribution is 0.287. The zero-order chi connectivity index (χ0) is 9.68. The molecule has 1 unspecified atom stereocenters. The van der Waals surface area contributed by atoms with Crippen LogP contribution in [-0.2, 0) is 4.79 Å². The van der Waals surface area contributed by atoms with E-state index in [0.717, 1.165) is 11.3 Å². The van der Waals surface area contributed by atoms with E-state index in [9.17, 15) is 4.79 Å². The van der Waals surface area contributed by atoms with Crippen LogP contribution in [0.15, 0.2) is 24.3 Å². The molecule has 69 valence electrons. The molecule has 1 atom stereocenters. The van der Waals surface area contributed by atoms with E-state index in [2.05, 4.69) is 0 Å². The summed E-state index contributed by atoms with van der Waals surface area (Å²) in [5.74, 6) is 0.671. The molecular weight excluding hydrogens is 164 g/mol. The Morgan fingerprint density at radius 1 is 1.46 bits per heavy atom. The zero-order valence-electron chi connectivity index (χ0n) is 7.91. The lowest BCUT2D eigenvalue weighted by Crippen LogP contribution is -2.09. The average Bonchev–Trinajstić information content (AvgIpc) is 2.16. The van der Waals surface area contributed by atoms with Gasteiger partial charge in [-0.3, -0.25) is 4.79 Å². The van der Waals surface area contributed by atoms with Gasteiger partial charge in [-0.2, -0.15) is 0 Å². The summed E-state index contributed by atoms with van der Waals surface area (Å²) in [5.41, 5.74) is 1.08. The summed E-state index contributed by atoms with van der Waals surface area (Å²) in [6, 6.07) is 7.74. The second-order valence-corrected chi connectivity index (χ2v) is 3.10. The van der Waals surface area contributed by atoms with Crippen molar-refractivity contribution < 1.29 is 9.53 Å². The van der Waals surface area contributed by atoms with Gasteiger partial charge in [-0.1, -0.05) is 25.1 Å². The summed E-state index contributed by atoms with van der Waals surface area (Å²) in [5, 5.41) is 0. The van der Waals surface area contributed by atoms with Crippen molar-refractivity contribution in [2.24, 2.45) is 5.92 Å². The number of carbonyl (C=O) groups excluding carboxylic acids is 1. The first-order valence-electron chi connectivity index (χ1n) is 4.30. The molecule has 0 aliphatic heterocycles. The van der Waals surface area contributed by atoms with Crippen LogP contribution in [0.2, 0.25) is 0 Å². The lowest BCUT2D eigenvalue weighted by Gasteiger charge is -2.09. The molecule has 0 bridgehead atoms. The maximum atomic E-state index is 10.2. The van der Waals surface area contributed by atoms with Gasteiger partial charge in [0.2, 0.25) is 6.29 Å². The van der Waals surface area contributed by atoms with Crippen LogP contribution in [0.4, 0.5) is 0 Å². The van der Waals surface area contributed by atoms with Crippen LogP contribution in [0, 0.1) is 12.8 Å². The van der Waals surface area contributed by atoms with Crippen molar-refractivity contribution in [2.75, 3.05) is 6.61 Å². The van der Waals surface area contributed by atoms with E-state index >= 15 is 0 Å². The van der Waals surface area contributed by atoms with Gasteiger partial charge in [-0.25, -0.2) is 0 Å². The van der Waals surface area contributed by atoms with Crippen molar-refractivity contribution in [3.63, 3.8) is 0 Å². The Morgan fingerprint density at radius 2 is 2.15 bits per heavy atom. The van der Waals surface area contributed by atoms with Gasteiger partial charge in [0, 0.05) is 0 Å². The summed E-state index contributed by atoms with van der Waals surface area (Å²) in [6.45, 7) is 4.16. The van der Waals surface area contributed by atoms with E-state index in [1.54, 1.807) is 6.92 Å². The van der Waals surface area contributed by atoms with Crippen LogP contribution < -0.4 is 4.74 Å². The topological polar surface area (TPSA) is 26.3 Å². The largest absolute Gasteiger partial charge is 0.493 e. The minimum atomic E-state index is -0.167. The number of hydrogen-bond donors (Lipinski definition) is 0. The third kappa shape index (κ3) is 2.90. The number of aryl methyl sites for hydroxylation is 1. The molecule has 1 rings (SSSR count). The summed E-state index contributed by atoms with van der Waals surface area (Å²) < 4.78 is 5.43. The highest BCUT2D eigenvalue weighted by Crippen LogP contribution is 2.16. The number of hydrogen-bond acceptors (Lipinski definition) is 2. The quantitative estimate of drug-likeness (QED) is 0.704. The third-order valence-corrected chi connectivity index (χ3v) is 1.78. The van der Waals surface area contributed by atoms with Gasteiger partial charge >= 0.3 is 0 Å². The number of benzene rings is 1. The standard InChI is InChI=1S/C11H13O2/c1-9(7-12)8-13-11-6-4-3-5-10(11)2/h3-6,9H,8H2,1-2H3. The number of rotatable bonds is 4. The first-order chi connectivity index (χ1) is 6.24. The average molecular weight is 177 g/mol. The van der Waals surface area contributed by atoms with Gasteiger partial charge < -0.3 is 4.74 Å². The molecule has 0 fully saturated rings. The molecule has 13 heavy (non-hydrogen) atoms. The molecule has 0 N–H and O–H groups in total. The Morgan fingerprint density at radius 3 is 2.77 bits per heavy atom. The highest BCUT2D eigenvalue weighted by atomic mass is 16.5. The smallest absolute Gasteiger partial charge is 0.204 e. The van der Waals surface area contributed by atoms with Crippen LogP contribution in [0.3, 0.4) is 0 Å². The summed E-state index contributed by atoms with van der Waals surface area (Å²) in [4.78, 5) is 10.2. The highest BCUT2D eigenvalue weighted by molar-refractivity contribution is 5.54. The molecule has 1 aromatic rings. The van der Waals surface area contributed by atoms with Crippen molar-refractivity contribution in [1.82, 2.24) is 0 Å². The molecular formula is C11H13O2. The van der Waals surface area contributed by atoms with E-state index in [-0.39, 0.29) is 5.92 Å². The van der Waals surface area contributed by atoms with Gasteiger partial charge in [0.05, 0.1) is 12.5 Å². The maximum Gasteiger partial charge on any atom is 0.204 e. The molecule has 0 aliphatic rings. The minimum absolute atomic E-state index is 0.167. The molecule has 0 heterocycles. The molecule has 0 saturated heterocycles. The summed E-state index contributed by atoms with van der Waals surface area (Å²) in [7, 11) is 0. The monoisotopic (exact) mass is 177 g/mol. The van der Waals surface area contributed by atoms with Crippen molar-refractivity contribution in [3.05, 3.63) is 29.8 Å². The Bertz CT molecular complexity index is 281. The maximum absolute atomic E-state index is 10.2. The SMILES string of the molecule is Cc1ccccc1OCC(C)[C]=O. The van der Waals surface area contributed by atoms with Gasteiger partial charge in [0.15, 0.2) is 0 Å². The first kappa shape index (κ1) is 9.78. The molecule has 0 aromatic heterocycles. The van der Waals surface area contributed by atoms with Crippen LogP contribution in [-0.4, -0.2) is 12.9 Å². The minimum Gasteiger partial charge on any atom is -0.493 e. The Balaban J connectivity index is 2.54. The molecule has 0 saturated carbocycles. The second kappa shape index (κ2) is 4.65. The summed E-state index contributed by atoms with van der Waals surface area (Å²) in [6.07, 6.45) is 1.88. The van der Waals surface area contributed by atoms with Crippen molar-refractivity contribution in [1.29, 1.82) is 0 Å². The first-order valence-corrected chi connectivity index (χ1v) is 4.30. The highest BCUT2D eigenvalue weighted by Gasteiger charge is 2.03. The van der Waals surface area contributed by atoms with E-state index in [0.29, 0.717) is 6.61 Å². The molecule has 0 aliphatic carbocycles. The van der Waals surface area contributed by atoms with Gasteiger partial charge in [0.1, 0.15) is 5.75 Å². The number of para-hydroxylation sites is 1. The third-order valence-electron chi connectivity index (χ3n) is 1.78. The van der Waals surface area contributed by atoms with E-state index in [4.69, 9.17) is 4.74 Å². The number of ether oxygens (including phenoxy) is 1. The van der Waals surface area contributed by atoms with Crippen LogP contribution in [0.5, 0.6) is 5.75 Å². The van der Waals surface area contributed by atoms with Crippen LogP contribution >= 0.6 is 0 Å². The Hall–Kier alpha value is -1.31. The zero-order valence-corrected chi connectivity index (χ0v) is 7.91. The predicted molar refractivity (Wildman–Crippen MR) is 51.5 cm³/mol. The molecule has 0 spiro atoms. The Labute approximate surface area is 78.5 Å².